The zero-order chi connectivity index (χ0) is 12.7. The monoisotopic (exact) mass is 245 g/mol. The van der Waals surface area contributed by atoms with Gasteiger partial charge in [-0.05, 0) is 6.92 Å². The predicted molar refractivity (Wildman–Crippen MR) is 59.4 cm³/mol. The minimum Gasteiger partial charge on any atom is -0.469 e. The van der Waals surface area contributed by atoms with Crippen molar-refractivity contribution in [2.75, 3.05) is 40.0 Å². The van der Waals surface area contributed by atoms with E-state index in [0.29, 0.717) is 26.3 Å². The first-order valence-corrected chi connectivity index (χ1v) is 5.71. The van der Waals surface area contributed by atoms with Crippen LogP contribution in [0.2, 0.25) is 0 Å². The molecule has 1 aliphatic rings. The normalized spacial score (nSPS) is 20.1. The number of esters is 1. The van der Waals surface area contributed by atoms with Gasteiger partial charge in [-0.15, -0.1) is 0 Å². The van der Waals surface area contributed by atoms with Gasteiger partial charge in [-0.2, -0.15) is 0 Å². The molecule has 0 aromatic rings. The van der Waals surface area contributed by atoms with Gasteiger partial charge in [-0.1, -0.05) is 0 Å². The van der Waals surface area contributed by atoms with E-state index in [2.05, 4.69) is 4.74 Å². The van der Waals surface area contributed by atoms with Gasteiger partial charge < -0.3 is 19.1 Å². The first-order valence-electron chi connectivity index (χ1n) is 5.71. The van der Waals surface area contributed by atoms with Gasteiger partial charge in [0.2, 0.25) is 5.91 Å². The van der Waals surface area contributed by atoms with Crippen molar-refractivity contribution in [1.82, 2.24) is 4.90 Å². The van der Waals surface area contributed by atoms with E-state index in [4.69, 9.17) is 9.47 Å². The molecular weight excluding hydrogens is 226 g/mol. The van der Waals surface area contributed by atoms with Crippen LogP contribution >= 0.6 is 0 Å². The Kier molecular flexibility index (Phi) is 5.93. The van der Waals surface area contributed by atoms with E-state index in [-0.39, 0.29) is 31.0 Å². The second-order valence-electron chi connectivity index (χ2n) is 3.75. The van der Waals surface area contributed by atoms with Gasteiger partial charge >= 0.3 is 5.97 Å². The smallest absolute Gasteiger partial charge is 0.308 e. The van der Waals surface area contributed by atoms with Crippen LogP contribution in [-0.2, 0) is 23.8 Å². The van der Waals surface area contributed by atoms with Crippen LogP contribution in [0.15, 0.2) is 0 Å². The number of carbonyl (C=O) groups is 2. The Morgan fingerprint density at radius 1 is 1.47 bits per heavy atom. The van der Waals surface area contributed by atoms with Gasteiger partial charge in [0.1, 0.15) is 6.61 Å². The molecule has 0 bridgehead atoms. The number of amides is 1. The Morgan fingerprint density at radius 3 is 2.88 bits per heavy atom. The summed E-state index contributed by atoms with van der Waals surface area (Å²) in [4.78, 5) is 24.4. The van der Waals surface area contributed by atoms with Gasteiger partial charge in [0.05, 0.1) is 26.2 Å². The second-order valence-corrected chi connectivity index (χ2v) is 3.75. The fourth-order valence-corrected chi connectivity index (χ4v) is 1.62. The summed E-state index contributed by atoms with van der Waals surface area (Å²) in [5, 5.41) is 0. The summed E-state index contributed by atoms with van der Waals surface area (Å²) in [5.74, 6) is -0.390. The second kappa shape index (κ2) is 7.24. The van der Waals surface area contributed by atoms with E-state index in [1.54, 1.807) is 4.90 Å². The van der Waals surface area contributed by atoms with Gasteiger partial charge in [-0.25, -0.2) is 0 Å². The number of ether oxygens (including phenoxy) is 3. The van der Waals surface area contributed by atoms with Crippen LogP contribution in [-0.4, -0.2) is 62.9 Å². The molecule has 6 nitrogen and oxygen atoms in total. The molecule has 1 aliphatic heterocycles. The molecule has 0 saturated carbocycles. The van der Waals surface area contributed by atoms with Gasteiger partial charge in [0.25, 0.3) is 0 Å². The summed E-state index contributed by atoms with van der Waals surface area (Å²) in [5.41, 5.74) is 0. The molecule has 0 aromatic heterocycles. The molecule has 1 rings (SSSR count). The average molecular weight is 245 g/mol. The zero-order valence-corrected chi connectivity index (χ0v) is 10.3. The number of nitrogens with zero attached hydrogens (tertiary/aromatic N) is 1. The van der Waals surface area contributed by atoms with Gasteiger partial charge in [-0.3, -0.25) is 9.59 Å². The average Bonchev–Trinajstić information content (AvgIpc) is 2.36. The standard InChI is InChI=1S/C11H19NO5/c1-3-16-8-10(13)12-4-5-17-9(7-12)6-11(14)15-2/h9H,3-8H2,1-2H3. The molecule has 1 saturated heterocycles. The third-order valence-electron chi connectivity index (χ3n) is 2.54. The lowest BCUT2D eigenvalue weighted by Gasteiger charge is -2.32. The molecule has 1 amide bonds. The van der Waals surface area contributed by atoms with Gasteiger partial charge in [0.15, 0.2) is 0 Å². The minimum absolute atomic E-state index is 0.0648. The van der Waals surface area contributed by atoms with Crippen LogP contribution < -0.4 is 0 Å². The summed E-state index contributed by atoms with van der Waals surface area (Å²) in [6, 6.07) is 0. The topological polar surface area (TPSA) is 65.1 Å². The summed E-state index contributed by atoms with van der Waals surface area (Å²) < 4.78 is 15.0. The highest BCUT2D eigenvalue weighted by Gasteiger charge is 2.26. The van der Waals surface area contributed by atoms with Crippen molar-refractivity contribution in [1.29, 1.82) is 0 Å². The van der Waals surface area contributed by atoms with E-state index in [0.717, 1.165) is 0 Å². The number of morpholine rings is 1. The fraction of sp³-hybridized carbons (Fsp3) is 0.818. The van der Waals surface area contributed by atoms with Crippen LogP contribution in [0.1, 0.15) is 13.3 Å². The van der Waals surface area contributed by atoms with E-state index >= 15 is 0 Å². The first kappa shape index (κ1) is 13.9. The van der Waals surface area contributed by atoms with Crippen molar-refractivity contribution in [3.63, 3.8) is 0 Å². The molecule has 98 valence electrons. The molecule has 1 unspecified atom stereocenters. The Balaban J connectivity index is 2.37. The number of hydrogen-bond donors (Lipinski definition) is 0. The summed E-state index contributed by atoms with van der Waals surface area (Å²) in [7, 11) is 1.34. The Bertz CT molecular complexity index is 269. The van der Waals surface area contributed by atoms with Crippen LogP contribution in [0.25, 0.3) is 0 Å². The van der Waals surface area contributed by atoms with Crippen LogP contribution in [0.4, 0.5) is 0 Å². The van der Waals surface area contributed by atoms with E-state index in [1.807, 2.05) is 6.92 Å². The largest absolute Gasteiger partial charge is 0.469 e. The Hall–Kier alpha value is -1.14. The molecule has 0 aromatic carbocycles. The fourth-order valence-electron chi connectivity index (χ4n) is 1.62. The molecule has 0 spiro atoms. The SMILES string of the molecule is CCOCC(=O)N1CCOC(CC(=O)OC)C1. The maximum absolute atomic E-state index is 11.7. The predicted octanol–water partition coefficient (Wildman–Crippen LogP) is -0.187. The number of methoxy groups -OCH3 is 1. The zero-order valence-electron chi connectivity index (χ0n) is 10.3. The quantitative estimate of drug-likeness (QED) is 0.628. The lowest BCUT2D eigenvalue weighted by atomic mass is 10.2. The van der Waals surface area contributed by atoms with Crippen molar-refractivity contribution in [2.45, 2.75) is 19.4 Å². The molecule has 0 aliphatic carbocycles. The maximum atomic E-state index is 11.7. The Morgan fingerprint density at radius 2 is 2.24 bits per heavy atom. The first-order chi connectivity index (χ1) is 8.17. The number of hydrogen-bond acceptors (Lipinski definition) is 5. The highest BCUT2D eigenvalue weighted by molar-refractivity contribution is 5.77. The molecule has 1 fully saturated rings. The van der Waals surface area contributed by atoms with Crippen molar-refractivity contribution < 1.29 is 23.8 Å². The number of carbonyl (C=O) groups excluding carboxylic acids is 2. The third-order valence-corrected chi connectivity index (χ3v) is 2.54. The summed E-state index contributed by atoms with van der Waals surface area (Å²) >= 11 is 0. The molecular formula is C11H19NO5. The van der Waals surface area contributed by atoms with Crippen molar-refractivity contribution in [3.8, 4) is 0 Å². The highest BCUT2D eigenvalue weighted by Crippen LogP contribution is 2.09. The van der Waals surface area contributed by atoms with E-state index in [1.165, 1.54) is 7.11 Å². The molecule has 0 N–H and O–H groups in total. The lowest BCUT2D eigenvalue weighted by molar-refractivity contribution is -0.151. The molecule has 0 radical (unpaired) electrons. The summed E-state index contributed by atoms with van der Waals surface area (Å²) in [6.45, 7) is 3.85. The maximum Gasteiger partial charge on any atom is 0.308 e. The number of rotatable bonds is 5. The highest BCUT2D eigenvalue weighted by atomic mass is 16.5. The molecule has 1 heterocycles. The van der Waals surface area contributed by atoms with Crippen LogP contribution in [0.5, 0.6) is 0 Å². The molecule has 1 atom stereocenters. The minimum atomic E-state index is -0.325. The summed E-state index contributed by atoms with van der Waals surface area (Å²) in [6.07, 6.45) is -0.101. The van der Waals surface area contributed by atoms with Gasteiger partial charge in [0, 0.05) is 19.7 Å². The molecule has 6 heteroatoms. The van der Waals surface area contributed by atoms with Crippen molar-refractivity contribution in [3.05, 3.63) is 0 Å². The lowest BCUT2D eigenvalue weighted by Crippen LogP contribution is -2.47. The third kappa shape index (κ3) is 4.70. The van der Waals surface area contributed by atoms with Crippen molar-refractivity contribution >= 4 is 11.9 Å². The van der Waals surface area contributed by atoms with Crippen LogP contribution in [0.3, 0.4) is 0 Å². The van der Waals surface area contributed by atoms with Crippen molar-refractivity contribution in [2.24, 2.45) is 0 Å². The van der Waals surface area contributed by atoms with E-state index < -0.39 is 0 Å². The van der Waals surface area contributed by atoms with Crippen LogP contribution in [0, 0.1) is 0 Å². The Labute approximate surface area is 101 Å². The molecule has 17 heavy (non-hydrogen) atoms. The van der Waals surface area contributed by atoms with E-state index in [9.17, 15) is 9.59 Å².